The van der Waals surface area contributed by atoms with Gasteiger partial charge in [-0.2, -0.15) is 26.9 Å². The topological polar surface area (TPSA) is 181 Å². The standard InChI is InChI=1S/C28H38ClN7O.C26H34ClN7S/c1-7-31-28(5,6)27(37)36-10-8-20(9-11-36)22-13-17(2)21(12-18(22)3)15-24-30-16-23(29)26(32-24)33-25-14-19(4)34-35-25;1-16-13-23(29-26-28-15-22(27)25(31-26)30-24-14-18(3)32-33-24)17(2)12-21(16)19-4-8-34(9-5-19)20-6-10-35-11-7-20/h12-14,16,20,31H,7-11,15H2,1-6H3,(H2,30,32,33,34,35);12-15,19-20H,4-11H2,1-3H3,(H3,28,29,30,31,32,33). The number of anilines is 6. The Bertz CT molecular complexity index is 2810. The third-order valence-corrected chi connectivity index (χ3v) is 16.0. The number of aryl methyl sites for hydroxylation is 6. The molecule has 3 saturated heterocycles. The molecule has 15 nitrogen and oxygen atoms in total. The van der Waals surface area contributed by atoms with Crippen LogP contribution in [0.2, 0.25) is 10.0 Å². The molecule has 0 bridgehead atoms. The Morgan fingerprint density at radius 2 is 1.25 bits per heavy atom. The molecule has 7 heterocycles. The molecule has 72 heavy (non-hydrogen) atoms. The minimum Gasteiger partial charge on any atom is -0.341 e. The van der Waals surface area contributed by atoms with Crippen molar-refractivity contribution >= 4 is 75.8 Å². The van der Waals surface area contributed by atoms with Gasteiger partial charge in [0.15, 0.2) is 23.3 Å². The summed E-state index contributed by atoms with van der Waals surface area (Å²) in [6.45, 7) is 23.4. The Labute approximate surface area is 439 Å². The molecule has 1 amide bonds. The van der Waals surface area contributed by atoms with Crippen molar-refractivity contribution in [3.8, 4) is 0 Å². The molecule has 0 spiro atoms. The smallest absolute Gasteiger partial charge is 0.242 e. The maximum Gasteiger partial charge on any atom is 0.242 e. The summed E-state index contributed by atoms with van der Waals surface area (Å²) in [5.41, 5.74) is 11.5. The first-order valence-electron chi connectivity index (χ1n) is 25.5. The molecule has 6 N–H and O–H groups in total. The number of carbonyl (C=O) groups excluding carboxylic acids is 1. The monoisotopic (exact) mass is 1030 g/mol. The second-order valence-electron chi connectivity index (χ2n) is 20.3. The van der Waals surface area contributed by atoms with E-state index in [0.29, 0.717) is 63.3 Å². The van der Waals surface area contributed by atoms with Crippen molar-refractivity contribution in [2.75, 3.05) is 60.2 Å². The molecule has 4 aromatic heterocycles. The van der Waals surface area contributed by atoms with Gasteiger partial charge in [0, 0.05) is 54.8 Å². The molecule has 0 atom stereocenters. The average Bonchev–Trinajstić information content (AvgIpc) is 3.99. The summed E-state index contributed by atoms with van der Waals surface area (Å²) in [7, 11) is 0. The average molecular weight is 1040 g/mol. The first-order chi connectivity index (χ1) is 34.5. The van der Waals surface area contributed by atoms with E-state index in [9.17, 15) is 4.79 Å². The molecular formula is C54H72Cl2N14OS. The fourth-order valence-corrected chi connectivity index (χ4v) is 11.8. The van der Waals surface area contributed by atoms with Crippen molar-refractivity contribution in [1.82, 2.24) is 55.4 Å². The second-order valence-corrected chi connectivity index (χ2v) is 22.4. The fourth-order valence-electron chi connectivity index (χ4n) is 10.5. The van der Waals surface area contributed by atoms with Gasteiger partial charge in [-0.15, -0.1) is 0 Å². The molecule has 9 rings (SSSR count). The number of aromatic amines is 2. The van der Waals surface area contributed by atoms with E-state index >= 15 is 0 Å². The van der Waals surface area contributed by atoms with Crippen LogP contribution in [0.3, 0.4) is 0 Å². The molecule has 18 heteroatoms. The summed E-state index contributed by atoms with van der Waals surface area (Å²) in [4.78, 5) is 35.8. The molecule has 3 aliphatic heterocycles. The lowest BCUT2D eigenvalue weighted by Crippen LogP contribution is -2.55. The molecule has 0 aliphatic carbocycles. The quantitative estimate of drug-likeness (QED) is 0.0607. The number of piperidine rings is 2. The van der Waals surface area contributed by atoms with Gasteiger partial charge in [0.1, 0.15) is 15.9 Å². The minimum absolute atomic E-state index is 0.190. The number of carbonyl (C=O) groups is 1. The Kier molecular flexibility index (Phi) is 17.5. The lowest BCUT2D eigenvalue weighted by atomic mass is 9.84. The lowest BCUT2D eigenvalue weighted by molar-refractivity contribution is -0.138. The third kappa shape index (κ3) is 13.3. The highest BCUT2D eigenvalue weighted by Crippen LogP contribution is 2.37. The number of nitrogens with zero attached hydrogens (tertiary/aromatic N) is 8. The third-order valence-electron chi connectivity index (χ3n) is 14.4. The molecular weight excluding hydrogens is 964 g/mol. The predicted molar refractivity (Wildman–Crippen MR) is 295 cm³/mol. The number of likely N-dealkylation sites (tertiary alicyclic amines) is 2. The molecule has 0 radical (unpaired) electrons. The Hall–Kier alpha value is -5.26. The summed E-state index contributed by atoms with van der Waals surface area (Å²) in [6.07, 6.45) is 11.0. The minimum atomic E-state index is -0.522. The number of hydrogen-bond acceptors (Lipinski definition) is 13. The summed E-state index contributed by atoms with van der Waals surface area (Å²) in [5, 5.41) is 28.1. The number of hydrogen-bond donors (Lipinski definition) is 6. The van der Waals surface area contributed by atoms with E-state index in [4.69, 9.17) is 23.2 Å². The highest BCUT2D eigenvalue weighted by Gasteiger charge is 2.34. The number of likely N-dealkylation sites (N-methyl/N-ethyl adjacent to an activating group) is 1. The van der Waals surface area contributed by atoms with Crippen molar-refractivity contribution in [2.45, 2.75) is 131 Å². The zero-order chi connectivity index (χ0) is 51.1. The summed E-state index contributed by atoms with van der Waals surface area (Å²) >= 11 is 14.8. The zero-order valence-corrected chi connectivity index (χ0v) is 45.7. The molecule has 384 valence electrons. The van der Waals surface area contributed by atoms with E-state index in [1.807, 2.05) is 51.7 Å². The molecule has 6 aromatic rings. The van der Waals surface area contributed by atoms with Gasteiger partial charge in [-0.05, 0) is 182 Å². The van der Waals surface area contributed by atoms with Crippen LogP contribution in [-0.4, -0.2) is 112 Å². The predicted octanol–water partition coefficient (Wildman–Crippen LogP) is 11.5. The van der Waals surface area contributed by atoms with Gasteiger partial charge in [0.05, 0.1) is 17.9 Å². The zero-order valence-electron chi connectivity index (χ0n) is 43.4. The van der Waals surface area contributed by atoms with Gasteiger partial charge < -0.3 is 31.1 Å². The van der Waals surface area contributed by atoms with Gasteiger partial charge >= 0.3 is 0 Å². The number of benzene rings is 2. The number of nitrogens with one attached hydrogen (secondary N) is 6. The first kappa shape index (κ1) is 53.0. The molecule has 2 aromatic carbocycles. The van der Waals surface area contributed by atoms with Crippen molar-refractivity contribution in [1.29, 1.82) is 0 Å². The fraction of sp³-hybridized carbons (Fsp3) is 0.500. The van der Waals surface area contributed by atoms with Crippen molar-refractivity contribution in [3.05, 3.63) is 115 Å². The molecule has 0 unspecified atom stereocenters. The molecule has 3 fully saturated rings. The van der Waals surface area contributed by atoms with Crippen LogP contribution in [0.4, 0.5) is 34.9 Å². The second kappa shape index (κ2) is 23.7. The number of halogens is 2. The van der Waals surface area contributed by atoms with Crippen molar-refractivity contribution < 1.29 is 4.79 Å². The number of thioether (sulfide) groups is 1. The van der Waals surface area contributed by atoms with Crippen LogP contribution in [-0.2, 0) is 11.2 Å². The number of amides is 1. The normalized spacial score (nSPS) is 16.3. The number of aromatic nitrogens is 8. The number of H-pyrrole nitrogens is 2. The van der Waals surface area contributed by atoms with Gasteiger partial charge in [-0.25, -0.2) is 15.0 Å². The van der Waals surface area contributed by atoms with Crippen LogP contribution in [0.25, 0.3) is 0 Å². The van der Waals surface area contributed by atoms with Crippen LogP contribution in [0, 0.1) is 41.5 Å². The van der Waals surface area contributed by atoms with E-state index in [2.05, 4.69) is 130 Å². The summed E-state index contributed by atoms with van der Waals surface area (Å²) in [6, 6.07) is 13.8. The Balaban J connectivity index is 0.000000193. The van der Waals surface area contributed by atoms with Crippen LogP contribution in [0.1, 0.15) is 127 Å². The van der Waals surface area contributed by atoms with Crippen molar-refractivity contribution in [2.24, 2.45) is 0 Å². The maximum absolute atomic E-state index is 13.0. The lowest BCUT2D eigenvalue weighted by Gasteiger charge is -2.39. The van der Waals surface area contributed by atoms with E-state index < -0.39 is 5.54 Å². The van der Waals surface area contributed by atoms with Crippen LogP contribution >= 0.6 is 35.0 Å². The Morgan fingerprint density at radius 1 is 0.694 bits per heavy atom. The van der Waals surface area contributed by atoms with E-state index in [1.165, 1.54) is 89.2 Å². The number of rotatable bonds is 14. The highest BCUT2D eigenvalue weighted by atomic mass is 35.5. The largest absolute Gasteiger partial charge is 0.341 e. The van der Waals surface area contributed by atoms with Crippen LogP contribution in [0.15, 0.2) is 48.8 Å². The maximum atomic E-state index is 13.0. The van der Waals surface area contributed by atoms with Crippen LogP contribution in [0.5, 0.6) is 0 Å². The first-order valence-corrected chi connectivity index (χ1v) is 27.4. The van der Waals surface area contributed by atoms with E-state index in [-0.39, 0.29) is 5.91 Å². The van der Waals surface area contributed by atoms with Gasteiger partial charge in [-0.1, -0.05) is 48.3 Å². The van der Waals surface area contributed by atoms with Crippen LogP contribution < -0.4 is 21.3 Å². The molecule has 0 saturated carbocycles. The highest BCUT2D eigenvalue weighted by molar-refractivity contribution is 7.99. The van der Waals surface area contributed by atoms with E-state index in [0.717, 1.165) is 55.6 Å². The van der Waals surface area contributed by atoms with Gasteiger partial charge in [-0.3, -0.25) is 15.0 Å². The van der Waals surface area contributed by atoms with Gasteiger partial charge in [0.25, 0.3) is 0 Å². The van der Waals surface area contributed by atoms with Crippen molar-refractivity contribution in [3.63, 3.8) is 0 Å². The Morgan fingerprint density at radius 3 is 1.83 bits per heavy atom. The van der Waals surface area contributed by atoms with E-state index in [1.54, 1.807) is 12.4 Å². The molecule has 3 aliphatic rings. The summed E-state index contributed by atoms with van der Waals surface area (Å²) < 4.78 is 0. The van der Waals surface area contributed by atoms with Gasteiger partial charge in [0.2, 0.25) is 11.9 Å². The SMILES string of the molecule is CCNC(C)(C)C(=O)N1CCC(c2cc(C)c(Cc3ncc(Cl)c(Nc4cc(C)[nH]n4)n3)cc2C)CC1.Cc1cc(Nc2nc(Nc3cc(C)c(C4CCN(C5CCSCC5)CC4)cc3C)ncc2Cl)n[nH]1. The summed E-state index contributed by atoms with van der Waals surface area (Å²) in [5.74, 6) is 7.53.